The van der Waals surface area contributed by atoms with Crippen molar-refractivity contribution in [1.29, 1.82) is 0 Å². The molecule has 4 bridgehead atoms. The van der Waals surface area contributed by atoms with Gasteiger partial charge in [-0.1, -0.05) is 6.92 Å². The Labute approximate surface area is 116 Å². The third kappa shape index (κ3) is 2.42. The molecule has 3 nitrogen and oxygen atoms in total. The van der Waals surface area contributed by atoms with Crippen molar-refractivity contribution in [3.8, 4) is 0 Å². The van der Waals surface area contributed by atoms with Crippen LogP contribution in [-0.2, 0) is 4.79 Å². The number of carbonyl (C=O) groups is 1. The molecule has 1 amide bonds. The lowest BCUT2D eigenvalue weighted by Crippen LogP contribution is -2.53. The summed E-state index contributed by atoms with van der Waals surface area (Å²) in [5.74, 6) is 4.22. The van der Waals surface area contributed by atoms with Crippen LogP contribution in [0.4, 0.5) is 0 Å². The summed E-state index contributed by atoms with van der Waals surface area (Å²) < 4.78 is 0. The molecule has 0 aromatic heterocycles. The van der Waals surface area contributed by atoms with Crippen molar-refractivity contribution in [2.45, 2.75) is 52.0 Å². The minimum absolute atomic E-state index is 0.203. The molecule has 4 saturated carbocycles. The summed E-state index contributed by atoms with van der Waals surface area (Å²) in [4.78, 5) is 12.6. The fourth-order valence-corrected chi connectivity index (χ4v) is 5.02. The Kier molecular flexibility index (Phi) is 3.59. The van der Waals surface area contributed by atoms with Crippen LogP contribution in [-0.4, -0.2) is 18.5 Å². The van der Waals surface area contributed by atoms with Crippen molar-refractivity contribution in [3.05, 3.63) is 0 Å². The van der Waals surface area contributed by atoms with E-state index in [1.807, 2.05) is 0 Å². The van der Waals surface area contributed by atoms with Gasteiger partial charge < -0.3 is 11.1 Å². The van der Waals surface area contributed by atoms with Gasteiger partial charge in [-0.25, -0.2) is 0 Å². The fourth-order valence-electron chi connectivity index (χ4n) is 5.02. The first-order valence-corrected chi connectivity index (χ1v) is 8.09. The highest BCUT2D eigenvalue weighted by atomic mass is 16.2. The zero-order chi connectivity index (χ0) is 13.6. The van der Waals surface area contributed by atoms with E-state index in [0.717, 1.165) is 11.8 Å². The van der Waals surface area contributed by atoms with E-state index < -0.39 is 0 Å². The van der Waals surface area contributed by atoms with E-state index in [2.05, 4.69) is 19.2 Å². The van der Waals surface area contributed by atoms with Gasteiger partial charge in [0.05, 0.1) is 0 Å². The maximum atomic E-state index is 12.6. The molecular weight excluding hydrogens is 236 g/mol. The van der Waals surface area contributed by atoms with Crippen LogP contribution in [0.2, 0.25) is 0 Å². The Morgan fingerprint density at radius 3 is 2.11 bits per heavy atom. The zero-order valence-corrected chi connectivity index (χ0v) is 12.3. The van der Waals surface area contributed by atoms with Gasteiger partial charge in [-0.15, -0.1) is 0 Å². The second kappa shape index (κ2) is 5.08. The monoisotopic (exact) mass is 264 g/mol. The standard InChI is InChI=1S/C16H28N2O/c1-9(8-17)10(2)18-16(19)15-13-4-11-3-12(6-13)7-14(15)5-11/h9-15H,3-8,17H2,1-2H3,(H,18,19). The number of carbonyl (C=O) groups excluding carboxylic acids is 1. The molecule has 4 aliphatic rings. The molecule has 0 spiro atoms. The first kappa shape index (κ1) is 13.4. The molecule has 3 heteroatoms. The van der Waals surface area contributed by atoms with Crippen molar-refractivity contribution < 1.29 is 4.79 Å². The zero-order valence-electron chi connectivity index (χ0n) is 12.3. The summed E-state index contributed by atoms with van der Waals surface area (Å²) >= 11 is 0. The summed E-state index contributed by atoms with van der Waals surface area (Å²) in [6.45, 7) is 4.84. The molecule has 2 atom stereocenters. The van der Waals surface area contributed by atoms with Crippen LogP contribution in [0.5, 0.6) is 0 Å². The molecule has 0 radical (unpaired) electrons. The fraction of sp³-hybridized carbons (Fsp3) is 0.938. The molecular formula is C16H28N2O. The minimum Gasteiger partial charge on any atom is -0.353 e. The molecule has 0 aromatic carbocycles. The SMILES string of the molecule is CC(CN)C(C)NC(=O)C1C2CC3CC(C2)CC1C3. The molecule has 0 aromatic rings. The maximum absolute atomic E-state index is 12.6. The van der Waals surface area contributed by atoms with Crippen LogP contribution in [0, 0.1) is 35.5 Å². The van der Waals surface area contributed by atoms with Gasteiger partial charge in [0.2, 0.25) is 5.91 Å². The normalized spacial score (nSPS) is 43.0. The summed E-state index contributed by atoms with van der Waals surface area (Å²) in [6, 6.07) is 0.203. The smallest absolute Gasteiger partial charge is 0.223 e. The third-order valence-electron chi connectivity index (χ3n) is 6.12. The van der Waals surface area contributed by atoms with Crippen molar-refractivity contribution in [2.75, 3.05) is 6.54 Å². The summed E-state index contributed by atoms with van der Waals surface area (Å²) in [7, 11) is 0. The van der Waals surface area contributed by atoms with Gasteiger partial charge >= 0.3 is 0 Å². The summed E-state index contributed by atoms with van der Waals surface area (Å²) in [5, 5.41) is 3.24. The molecule has 2 unspecified atom stereocenters. The van der Waals surface area contributed by atoms with E-state index in [4.69, 9.17) is 5.73 Å². The molecule has 4 aliphatic carbocycles. The summed E-state index contributed by atoms with van der Waals surface area (Å²) in [5.41, 5.74) is 5.69. The van der Waals surface area contributed by atoms with Gasteiger partial charge in [0.15, 0.2) is 0 Å². The number of amides is 1. The highest BCUT2D eigenvalue weighted by molar-refractivity contribution is 5.80. The molecule has 0 aliphatic heterocycles. The lowest BCUT2D eigenvalue weighted by atomic mass is 9.51. The average molecular weight is 264 g/mol. The van der Waals surface area contributed by atoms with Crippen molar-refractivity contribution in [2.24, 2.45) is 41.2 Å². The Hall–Kier alpha value is -0.570. The highest BCUT2D eigenvalue weighted by Crippen LogP contribution is 2.56. The topological polar surface area (TPSA) is 55.1 Å². The largest absolute Gasteiger partial charge is 0.353 e. The van der Waals surface area contributed by atoms with Crippen LogP contribution in [0.3, 0.4) is 0 Å². The number of rotatable bonds is 4. The quantitative estimate of drug-likeness (QED) is 0.817. The third-order valence-corrected chi connectivity index (χ3v) is 6.12. The number of hydrogen-bond acceptors (Lipinski definition) is 2. The van der Waals surface area contributed by atoms with Crippen LogP contribution in [0.15, 0.2) is 0 Å². The van der Waals surface area contributed by atoms with Gasteiger partial charge in [-0.05, 0) is 75.2 Å². The van der Waals surface area contributed by atoms with Crippen LogP contribution >= 0.6 is 0 Å². The molecule has 19 heavy (non-hydrogen) atoms. The second-order valence-electron chi connectivity index (χ2n) is 7.47. The van der Waals surface area contributed by atoms with E-state index in [9.17, 15) is 4.79 Å². The predicted molar refractivity (Wildman–Crippen MR) is 76.4 cm³/mol. The predicted octanol–water partition coefficient (Wildman–Crippen LogP) is 2.16. The molecule has 4 rings (SSSR count). The van der Waals surface area contributed by atoms with Gasteiger partial charge in [-0.2, -0.15) is 0 Å². The Balaban J connectivity index is 1.64. The highest BCUT2D eigenvalue weighted by Gasteiger charge is 2.50. The second-order valence-corrected chi connectivity index (χ2v) is 7.47. The Bertz CT molecular complexity index is 327. The van der Waals surface area contributed by atoms with Crippen LogP contribution in [0.1, 0.15) is 46.0 Å². The number of nitrogens with two attached hydrogens (primary N) is 1. The molecule has 4 fully saturated rings. The van der Waals surface area contributed by atoms with E-state index >= 15 is 0 Å². The lowest BCUT2D eigenvalue weighted by molar-refractivity contribution is -0.139. The van der Waals surface area contributed by atoms with Gasteiger partial charge in [0.1, 0.15) is 0 Å². The van der Waals surface area contributed by atoms with E-state index in [0.29, 0.717) is 36.1 Å². The Morgan fingerprint density at radius 2 is 1.63 bits per heavy atom. The van der Waals surface area contributed by atoms with E-state index in [1.165, 1.54) is 32.1 Å². The van der Waals surface area contributed by atoms with E-state index in [1.54, 1.807) is 0 Å². The van der Waals surface area contributed by atoms with Crippen LogP contribution < -0.4 is 11.1 Å². The number of nitrogens with one attached hydrogen (secondary N) is 1. The first-order chi connectivity index (χ1) is 9.08. The van der Waals surface area contributed by atoms with Gasteiger partial charge in [0, 0.05) is 12.0 Å². The molecule has 0 saturated heterocycles. The average Bonchev–Trinajstić information content (AvgIpc) is 2.36. The minimum atomic E-state index is 0.203. The maximum Gasteiger partial charge on any atom is 0.223 e. The van der Waals surface area contributed by atoms with Crippen LogP contribution in [0.25, 0.3) is 0 Å². The first-order valence-electron chi connectivity index (χ1n) is 8.09. The number of hydrogen-bond donors (Lipinski definition) is 2. The molecule has 0 heterocycles. The van der Waals surface area contributed by atoms with Crippen molar-refractivity contribution >= 4 is 5.91 Å². The van der Waals surface area contributed by atoms with Crippen molar-refractivity contribution in [1.82, 2.24) is 5.32 Å². The summed E-state index contributed by atoms with van der Waals surface area (Å²) in [6.07, 6.45) is 6.69. The Morgan fingerprint density at radius 1 is 1.11 bits per heavy atom. The van der Waals surface area contributed by atoms with Gasteiger partial charge in [-0.3, -0.25) is 4.79 Å². The molecule has 108 valence electrons. The van der Waals surface area contributed by atoms with Gasteiger partial charge in [0.25, 0.3) is 0 Å². The molecule has 3 N–H and O–H groups in total. The lowest BCUT2D eigenvalue weighted by Gasteiger charge is -2.53. The van der Waals surface area contributed by atoms with Crippen molar-refractivity contribution in [3.63, 3.8) is 0 Å². The van der Waals surface area contributed by atoms with E-state index in [-0.39, 0.29) is 6.04 Å².